The van der Waals surface area contributed by atoms with E-state index in [9.17, 15) is 9.90 Å². The first-order valence-electron chi connectivity index (χ1n) is 3.58. The molecular formula is C8H16ClNO2. The highest BCUT2D eigenvalue weighted by Crippen LogP contribution is 1.91. The quantitative estimate of drug-likeness (QED) is 0.475. The lowest BCUT2D eigenvalue weighted by Gasteiger charge is -2.07. The molecule has 0 spiro atoms. The lowest BCUT2D eigenvalue weighted by Crippen LogP contribution is -2.23. The van der Waals surface area contributed by atoms with Gasteiger partial charge in [0, 0.05) is 0 Å². The Morgan fingerprint density at radius 3 is 1.75 bits per heavy atom. The summed E-state index contributed by atoms with van der Waals surface area (Å²) in [6.07, 6.45) is 0.461. The van der Waals surface area contributed by atoms with Gasteiger partial charge in [-0.25, -0.2) is 4.00 Å². The standard InChI is InChI=1S/C5H8O2.C3H9ClN/c1-3-4(2)5(6)7;1-5(2,3)4/h2-3H2,1H3,(H,6,7);1-3H3/q;+1/p-1. The highest BCUT2D eigenvalue weighted by atomic mass is 35.5. The van der Waals surface area contributed by atoms with Gasteiger partial charge in [0.25, 0.3) is 0 Å². The second-order valence-corrected chi connectivity index (χ2v) is 4.11. The lowest BCUT2D eigenvalue weighted by atomic mass is 10.2. The number of hydrogen-bond donors (Lipinski definition) is 0. The van der Waals surface area contributed by atoms with Crippen LogP contribution in [0.1, 0.15) is 13.3 Å². The molecule has 0 amide bonds. The van der Waals surface area contributed by atoms with Crippen LogP contribution in [0.3, 0.4) is 0 Å². The Kier molecular flexibility index (Phi) is 7.04. The Balaban J connectivity index is 0. The van der Waals surface area contributed by atoms with Crippen LogP contribution >= 0.6 is 11.8 Å². The van der Waals surface area contributed by atoms with Gasteiger partial charge < -0.3 is 9.90 Å². The van der Waals surface area contributed by atoms with Gasteiger partial charge in [-0.3, -0.25) is 0 Å². The van der Waals surface area contributed by atoms with E-state index in [1.54, 1.807) is 6.92 Å². The second kappa shape index (κ2) is 6.03. The summed E-state index contributed by atoms with van der Waals surface area (Å²) in [4.78, 5) is 9.72. The summed E-state index contributed by atoms with van der Waals surface area (Å²) in [6, 6.07) is 0. The van der Waals surface area contributed by atoms with Gasteiger partial charge in [0.2, 0.25) is 0 Å². The van der Waals surface area contributed by atoms with Crippen molar-refractivity contribution in [1.29, 1.82) is 0 Å². The van der Waals surface area contributed by atoms with Crippen LogP contribution in [-0.4, -0.2) is 31.1 Å². The molecule has 0 heterocycles. The van der Waals surface area contributed by atoms with Gasteiger partial charge in [0.1, 0.15) is 0 Å². The summed E-state index contributed by atoms with van der Waals surface area (Å²) >= 11 is 5.47. The van der Waals surface area contributed by atoms with Crippen LogP contribution in [0.2, 0.25) is 0 Å². The summed E-state index contributed by atoms with van der Waals surface area (Å²) in [5, 5.41) is 9.72. The third-order valence-corrected chi connectivity index (χ3v) is 0.715. The summed E-state index contributed by atoms with van der Waals surface area (Å²) in [6.45, 7) is 4.93. The number of carboxylic acid groups (broad SMARTS) is 1. The van der Waals surface area contributed by atoms with E-state index < -0.39 is 5.97 Å². The maximum Gasteiger partial charge on any atom is 0.164 e. The van der Waals surface area contributed by atoms with Crippen molar-refractivity contribution >= 4 is 17.7 Å². The van der Waals surface area contributed by atoms with Crippen LogP contribution in [-0.2, 0) is 4.79 Å². The van der Waals surface area contributed by atoms with Gasteiger partial charge in [-0.15, -0.1) is 0 Å². The molecule has 0 bridgehead atoms. The van der Waals surface area contributed by atoms with Crippen molar-refractivity contribution < 1.29 is 13.9 Å². The van der Waals surface area contributed by atoms with Crippen LogP contribution in [0.5, 0.6) is 0 Å². The molecule has 3 nitrogen and oxygen atoms in total. The average molecular weight is 194 g/mol. The summed E-state index contributed by atoms with van der Waals surface area (Å²) < 4.78 is 0.472. The molecule has 0 saturated carbocycles. The molecule has 0 unspecified atom stereocenters. The van der Waals surface area contributed by atoms with Gasteiger partial charge in [0.05, 0.1) is 27.1 Å². The van der Waals surface area contributed by atoms with E-state index in [0.717, 1.165) is 0 Å². The van der Waals surface area contributed by atoms with Crippen LogP contribution in [0.25, 0.3) is 0 Å². The maximum atomic E-state index is 9.72. The molecule has 0 aromatic carbocycles. The minimum atomic E-state index is -1.15. The van der Waals surface area contributed by atoms with Gasteiger partial charge >= 0.3 is 0 Å². The third kappa shape index (κ3) is 22.7. The lowest BCUT2D eigenvalue weighted by molar-refractivity contribution is -0.747. The summed E-state index contributed by atoms with van der Waals surface area (Å²) in [7, 11) is 5.67. The summed E-state index contributed by atoms with van der Waals surface area (Å²) in [5.74, 6) is -1.15. The Labute approximate surface area is 79.0 Å². The van der Waals surface area contributed by atoms with E-state index in [1.807, 2.05) is 21.1 Å². The molecule has 72 valence electrons. The Bertz CT molecular complexity index is 155. The second-order valence-electron chi connectivity index (χ2n) is 3.09. The van der Waals surface area contributed by atoms with Crippen molar-refractivity contribution in [2.45, 2.75) is 13.3 Å². The number of hydrogen-bond acceptors (Lipinski definition) is 2. The molecule has 0 rings (SSSR count). The molecule has 0 aromatic heterocycles. The van der Waals surface area contributed by atoms with Crippen molar-refractivity contribution in [3.05, 3.63) is 12.2 Å². The van der Waals surface area contributed by atoms with Crippen LogP contribution in [0.4, 0.5) is 0 Å². The first-order chi connectivity index (χ1) is 5.18. The molecule has 0 aliphatic heterocycles. The van der Waals surface area contributed by atoms with Crippen LogP contribution in [0.15, 0.2) is 12.2 Å². The van der Waals surface area contributed by atoms with E-state index in [4.69, 9.17) is 11.8 Å². The fourth-order valence-electron chi connectivity index (χ4n) is 0.144. The minimum absolute atomic E-state index is 0.153. The van der Waals surface area contributed by atoms with E-state index >= 15 is 0 Å². The highest BCUT2D eigenvalue weighted by molar-refractivity contribution is 6.06. The average Bonchev–Trinajstić information content (AvgIpc) is 1.82. The number of aliphatic carboxylic acids is 1. The van der Waals surface area contributed by atoms with E-state index in [0.29, 0.717) is 10.4 Å². The molecule has 0 N–H and O–H groups in total. The molecule has 0 aliphatic rings. The minimum Gasteiger partial charge on any atom is -0.545 e. The SMILES string of the molecule is C=C(CC)C(=O)[O-].C[N+](C)(C)Cl. The molecule has 4 heteroatoms. The zero-order valence-electron chi connectivity index (χ0n) is 8.06. The first-order valence-corrected chi connectivity index (χ1v) is 3.92. The molecule has 0 aromatic rings. The molecular weight excluding hydrogens is 178 g/mol. The topological polar surface area (TPSA) is 40.1 Å². The normalized spacial score (nSPS) is 9.75. The molecule has 0 atom stereocenters. The molecule has 0 fully saturated rings. The Morgan fingerprint density at radius 2 is 1.75 bits per heavy atom. The molecule has 0 radical (unpaired) electrons. The van der Waals surface area contributed by atoms with Crippen LogP contribution < -0.4 is 5.11 Å². The number of carbonyl (C=O) groups is 1. The van der Waals surface area contributed by atoms with Crippen molar-refractivity contribution in [2.24, 2.45) is 0 Å². The Hall–Kier alpha value is -0.540. The zero-order valence-corrected chi connectivity index (χ0v) is 8.81. The predicted molar refractivity (Wildman–Crippen MR) is 48.3 cm³/mol. The van der Waals surface area contributed by atoms with Crippen molar-refractivity contribution in [1.82, 2.24) is 0 Å². The highest BCUT2D eigenvalue weighted by Gasteiger charge is 1.95. The van der Waals surface area contributed by atoms with Crippen molar-refractivity contribution in [3.8, 4) is 0 Å². The van der Waals surface area contributed by atoms with Gasteiger partial charge in [-0.05, 0) is 12.0 Å². The predicted octanol–water partition coefficient (Wildman–Crippen LogP) is 0.549. The molecule has 0 aliphatic carbocycles. The number of quaternary nitrogens is 1. The number of halogens is 1. The van der Waals surface area contributed by atoms with Crippen LogP contribution in [0, 0.1) is 0 Å². The number of nitrogens with zero attached hydrogens (tertiary/aromatic N) is 1. The number of rotatable bonds is 2. The molecule has 12 heavy (non-hydrogen) atoms. The zero-order chi connectivity index (χ0) is 10.4. The monoisotopic (exact) mass is 193 g/mol. The number of carbonyl (C=O) groups excluding carboxylic acids is 1. The van der Waals surface area contributed by atoms with Crippen molar-refractivity contribution in [3.63, 3.8) is 0 Å². The van der Waals surface area contributed by atoms with E-state index in [2.05, 4.69) is 6.58 Å². The Morgan fingerprint density at radius 1 is 1.50 bits per heavy atom. The fraction of sp³-hybridized carbons (Fsp3) is 0.625. The van der Waals surface area contributed by atoms with Gasteiger partial charge in [-0.1, -0.05) is 13.5 Å². The maximum absolute atomic E-state index is 9.72. The van der Waals surface area contributed by atoms with Gasteiger partial charge in [-0.2, -0.15) is 0 Å². The first kappa shape index (κ1) is 14.0. The van der Waals surface area contributed by atoms with Crippen molar-refractivity contribution in [2.75, 3.05) is 21.1 Å². The third-order valence-electron chi connectivity index (χ3n) is 0.715. The largest absolute Gasteiger partial charge is 0.545 e. The van der Waals surface area contributed by atoms with E-state index in [1.165, 1.54) is 0 Å². The van der Waals surface area contributed by atoms with Gasteiger partial charge in [0.15, 0.2) is 11.8 Å². The smallest absolute Gasteiger partial charge is 0.164 e. The molecule has 0 saturated heterocycles. The van der Waals surface area contributed by atoms with E-state index in [-0.39, 0.29) is 5.57 Å². The summed E-state index contributed by atoms with van der Waals surface area (Å²) in [5.41, 5.74) is 0.153. The number of carboxylic acids is 1. The fourth-order valence-corrected chi connectivity index (χ4v) is 0.144.